The van der Waals surface area contributed by atoms with Gasteiger partial charge in [-0.2, -0.15) is 4.98 Å². The molecule has 0 saturated heterocycles. The first-order chi connectivity index (χ1) is 7.63. The second-order valence-electron chi connectivity index (χ2n) is 3.50. The molecule has 5 heteroatoms. The Hall–Kier alpha value is -1.78. The van der Waals surface area contributed by atoms with E-state index in [2.05, 4.69) is 23.8 Å². The van der Waals surface area contributed by atoms with Crippen LogP contribution in [0, 0.1) is 0 Å². The minimum Gasteiger partial charge on any atom is -0.369 e. The van der Waals surface area contributed by atoms with Gasteiger partial charge in [0, 0.05) is 12.7 Å². The van der Waals surface area contributed by atoms with Gasteiger partial charge in [-0.25, -0.2) is 0 Å². The van der Waals surface area contributed by atoms with Crippen molar-refractivity contribution in [1.82, 2.24) is 14.5 Å². The lowest BCUT2D eigenvalue weighted by Crippen LogP contribution is -2.11. The Bertz CT molecular complexity index is 512. The third-order valence-electron chi connectivity index (χ3n) is 1.99. The molecule has 3 N–H and O–H groups in total. The predicted molar refractivity (Wildman–Crippen MR) is 66.4 cm³/mol. The van der Waals surface area contributed by atoms with Gasteiger partial charge in [0.1, 0.15) is 5.65 Å². The topological polar surface area (TPSA) is 76.7 Å². The summed E-state index contributed by atoms with van der Waals surface area (Å²) in [7, 11) is 0. The van der Waals surface area contributed by atoms with Crippen molar-refractivity contribution in [3.05, 3.63) is 22.6 Å². The number of nitrogens with two attached hydrogens (primary N) is 1. The summed E-state index contributed by atoms with van der Waals surface area (Å²) in [6, 6.07) is 1.74. The third-order valence-corrected chi connectivity index (χ3v) is 1.99. The monoisotopic (exact) mass is 222 g/mol. The highest BCUT2D eigenvalue weighted by Gasteiger charge is 2.05. The van der Waals surface area contributed by atoms with E-state index in [-0.39, 0.29) is 11.5 Å². The lowest BCUT2D eigenvalue weighted by molar-refractivity contribution is 0.787. The Morgan fingerprint density at radius 1 is 1.44 bits per heavy atom. The van der Waals surface area contributed by atoms with E-state index >= 15 is 0 Å². The number of nitrogens with one attached hydrogen (secondary N) is 1. The molecule has 0 saturated carbocycles. The molecule has 2 rings (SSSR count). The van der Waals surface area contributed by atoms with Crippen LogP contribution in [0.15, 0.2) is 17.1 Å². The highest BCUT2D eigenvalue weighted by Crippen LogP contribution is 2.08. The second-order valence-corrected chi connectivity index (χ2v) is 3.50. The van der Waals surface area contributed by atoms with Crippen molar-refractivity contribution in [1.29, 1.82) is 0 Å². The van der Waals surface area contributed by atoms with Crippen LogP contribution in [-0.2, 0) is 6.54 Å². The predicted octanol–water partition coefficient (Wildman–Crippen LogP) is 1.74. The van der Waals surface area contributed by atoms with Crippen molar-refractivity contribution in [2.24, 2.45) is 0 Å². The van der Waals surface area contributed by atoms with E-state index in [1.165, 1.54) is 6.42 Å². The fraction of sp³-hybridized carbons (Fsp3) is 0.455. The number of rotatable bonds is 1. The standard InChI is InChI=1S/C8H10N4O.C3H8/c1-2-12-4-3-5-6(12)10-8(9)11-7(5)13;1-3-2/h3-4H,2H2,1H3,(H3,9,10,11,13);3H2,1-2H3. The van der Waals surface area contributed by atoms with E-state index in [9.17, 15) is 4.79 Å². The summed E-state index contributed by atoms with van der Waals surface area (Å²) in [6.45, 7) is 7.01. The summed E-state index contributed by atoms with van der Waals surface area (Å²) in [6.07, 6.45) is 3.08. The maximum absolute atomic E-state index is 11.3. The molecule has 0 atom stereocenters. The molecule has 2 heterocycles. The van der Waals surface area contributed by atoms with E-state index in [0.717, 1.165) is 6.54 Å². The molecule has 0 aliphatic heterocycles. The van der Waals surface area contributed by atoms with Crippen LogP contribution in [0.5, 0.6) is 0 Å². The molecule has 5 nitrogen and oxygen atoms in total. The van der Waals surface area contributed by atoms with Gasteiger partial charge >= 0.3 is 0 Å². The number of hydrogen-bond donors (Lipinski definition) is 2. The van der Waals surface area contributed by atoms with E-state index in [1.807, 2.05) is 17.7 Å². The van der Waals surface area contributed by atoms with Crippen LogP contribution in [0.1, 0.15) is 27.2 Å². The Labute approximate surface area is 94.3 Å². The quantitative estimate of drug-likeness (QED) is 0.771. The minimum atomic E-state index is -0.185. The number of aromatic amines is 1. The Balaban J connectivity index is 0.000000386. The molecule has 0 aliphatic carbocycles. The van der Waals surface area contributed by atoms with Crippen molar-refractivity contribution in [3.8, 4) is 0 Å². The maximum Gasteiger partial charge on any atom is 0.261 e. The van der Waals surface area contributed by atoms with E-state index < -0.39 is 0 Å². The first-order valence-corrected chi connectivity index (χ1v) is 5.48. The van der Waals surface area contributed by atoms with Gasteiger partial charge in [-0.15, -0.1) is 0 Å². The number of fused-ring (bicyclic) bond motifs is 1. The molecule has 0 aromatic carbocycles. The first-order valence-electron chi connectivity index (χ1n) is 5.48. The number of anilines is 1. The van der Waals surface area contributed by atoms with Crippen LogP contribution in [0.25, 0.3) is 11.0 Å². The van der Waals surface area contributed by atoms with Gasteiger partial charge in [0.25, 0.3) is 5.56 Å². The Morgan fingerprint density at radius 2 is 2.06 bits per heavy atom. The molecule has 2 aromatic heterocycles. The van der Waals surface area contributed by atoms with E-state index in [4.69, 9.17) is 5.73 Å². The summed E-state index contributed by atoms with van der Waals surface area (Å²) in [5.41, 5.74) is 5.88. The molecular formula is C11H18N4O. The molecule has 0 spiro atoms. The SMILES string of the molecule is CCC.CCn1ccc2c(=O)[nH]c(N)nc21. The summed E-state index contributed by atoms with van der Waals surface area (Å²) in [5.74, 6) is 0.158. The largest absolute Gasteiger partial charge is 0.369 e. The van der Waals surface area contributed by atoms with Gasteiger partial charge in [0.15, 0.2) is 0 Å². The number of aryl methyl sites for hydroxylation is 1. The maximum atomic E-state index is 11.3. The van der Waals surface area contributed by atoms with Crippen molar-refractivity contribution >= 4 is 17.0 Å². The van der Waals surface area contributed by atoms with Gasteiger partial charge in [0.2, 0.25) is 5.95 Å². The normalized spacial score (nSPS) is 9.94. The van der Waals surface area contributed by atoms with Crippen LogP contribution in [-0.4, -0.2) is 14.5 Å². The Morgan fingerprint density at radius 3 is 2.62 bits per heavy atom. The molecule has 0 unspecified atom stereocenters. The molecule has 2 aromatic rings. The van der Waals surface area contributed by atoms with Crippen molar-refractivity contribution < 1.29 is 0 Å². The Kier molecular flexibility index (Phi) is 4.10. The van der Waals surface area contributed by atoms with E-state index in [0.29, 0.717) is 11.0 Å². The highest BCUT2D eigenvalue weighted by molar-refractivity contribution is 5.75. The van der Waals surface area contributed by atoms with Crippen LogP contribution in [0.2, 0.25) is 0 Å². The fourth-order valence-electron chi connectivity index (χ4n) is 1.35. The zero-order valence-corrected chi connectivity index (χ0v) is 9.95. The lowest BCUT2D eigenvalue weighted by atomic mass is 10.4. The summed E-state index contributed by atoms with van der Waals surface area (Å²) in [4.78, 5) is 17.8. The molecule has 0 amide bonds. The summed E-state index contributed by atoms with van der Waals surface area (Å²) < 4.78 is 1.88. The molecular weight excluding hydrogens is 204 g/mol. The van der Waals surface area contributed by atoms with Gasteiger partial charge < -0.3 is 10.3 Å². The summed E-state index contributed by atoms with van der Waals surface area (Å²) in [5, 5.41) is 0.580. The van der Waals surface area contributed by atoms with Crippen molar-refractivity contribution in [2.45, 2.75) is 33.7 Å². The van der Waals surface area contributed by atoms with Gasteiger partial charge in [0.05, 0.1) is 5.39 Å². The van der Waals surface area contributed by atoms with Crippen molar-refractivity contribution in [2.75, 3.05) is 5.73 Å². The van der Waals surface area contributed by atoms with Gasteiger partial charge in [-0.05, 0) is 13.0 Å². The zero-order valence-electron chi connectivity index (χ0n) is 9.95. The number of aromatic nitrogens is 3. The minimum absolute atomic E-state index is 0.158. The van der Waals surface area contributed by atoms with Gasteiger partial charge in [-0.3, -0.25) is 9.78 Å². The number of nitrogen functional groups attached to an aromatic ring is 1. The van der Waals surface area contributed by atoms with E-state index in [1.54, 1.807) is 6.07 Å². The smallest absolute Gasteiger partial charge is 0.261 e. The molecule has 0 bridgehead atoms. The third kappa shape index (κ3) is 2.42. The van der Waals surface area contributed by atoms with Crippen LogP contribution in [0.4, 0.5) is 5.95 Å². The fourth-order valence-corrected chi connectivity index (χ4v) is 1.35. The number of H-pyrrole nitrogens is 1. The van der Waals surface area contributed by atoms with Gasteiger partial charge in [-0.1, -0.05) is 20.3 Å². The first kappa shape index (κ1) is 12.3. The molecule has 0 aliphatic rings. The average Bonchev–Trinajstić information content (AvgIpc) is 2.62. The molecule has 0 radical (unpaired) electrons. The van der Waals surface area contributed by atoms with Crippen LogP contribution >= 0.6 is 0 Å². The molecule has 88 valence electrons. The van der Waals surface area contributed by atoms with Crippen molar-refractivity contribution in [3.63, 3.8) is 0 Å². The number of hydrogen-bond acceptors (Lipinski definition) is 3. The number of nitrogens with zero attached hydrogens (tertiary/aromatic N) is 2. The highest BCUT2D eigenvalue weighted by atomic mass is 16.1. The average molecular weight is 222 g/mol. The van der Waals surface area contributed by atoms with Crippen LogP contribution in [0.3, 0.4) is 0 Å². The molecule has 16 heavy (non-hydrogen) atoms. The summed E-state index contributed by atoms with van der Waals surface area (Å²) >= 11 is 0. The zero-order chi connectivity index (χ0) is 12.1. The molecule has 0 fully saturated rings. The lowest BCUT2D eigenvalue weighted by Gasteiger charge is -1.99. The second kappa shape index (κ2) is 5.34. The van der Waals surface area contributed by atoms with Crippen LogP contribution < -0.4 is 11.3 Å².